The van der Waals surface area contributed by atoms with Crippen molar-refractivity contribution in [2.75, 3.05) is 0 Å². The van der Waals surface area contributed by atoms with E-state index >= 15 is 0 Å². The molecule has 0 saturated carbocycles. The highest BCUT2D eigenvalue weighted by Gasteiger charge is 2.36. The van der Waals surface area contributed by atoms with E-state index in [-0.39, 0.29) is 11.2 Å². The molecule has 0 bridgehead atoms. The Labute approximate surface area is 128 Å². The van der Waals surface area contributed by atoms with Crippen molar-refractivity contribution in [2.45, 2.75) is 52.4 Å². The Morgan fingerprint density at radius 1 is 1.10 bits per heavy atom. The van der Waals surface area contributed by atoms with Crippen LogP contribution in [-0.2, 0) is 20.6 Å². The molecule has 0 fully saturated rings. The fraction of sp³-hybridized carbons (Fsp3) is 0.471. The Bertz CT molecular complexity index is 522. The molecule has 0 saturated heterocycles. The molecule has 0 N–H and O–H groups in total. The van der Waals surface area contributed by atoms with E-state index in [2.05, 4.69) is 70.0 Å². The van der Waals surface area contributed by atoms with Crippen LogP contribution in [0.15, 0.2) is 24.3 Å². The first-order chi connectivity index (χ1) is 9.67. The second kappa shape index (κ2) is 8.59. The lowest BCUT2D eigenvalue weighted by atomic mass is 10.1. The van der Waals surface area contributed by atoms with Gasteiger partial charge in [0.25, 0.3) is 0 Å². The van der Waals surface area contributed by atoms with Gasteiger partial charge in [0.2, 0.25) is 0 Å². The third-order valence-corrected chi connectivity index (χ3v) is 8.11. The van der Waals surface area contributed by atoms with Crippen molar-refractivity contribution in [3.8, 4) is 11.8 Å². The number of rotatable bonds is 3. The van der Waals surface area contributed by atoms with Crippen LogP contribution in [0.2, 0.25) is 18.1 Å². The molecule has 0 heterocycles. The van der Waals surface area contributed by atoms with E-state index < -0.39 is 8.32 Å². The molecule has 0 aliphatic heterocycles. The van der Waals surface area contributed by atoms with Gasteiger partial charge in [-0.3, -0.25) is 0 Å². The summed E-state index contributed by atoms with van der Waals surface area (Å²) in [5.74, 6) is 5.95. The van der Waals surface area contributed by atoms with E-state index in [9.17, 15) is 0 Å². The molecule has 0 amide bonds. The molecule has 1 rings (SSSR count). The summed E-state index contributed by atoms with van der Waals surface area (Å²) < 4.78 is 6.18. The van der Waals surface area contributed by atoms with Crippen molar-refractivity contribution >= 4 is 14.5 Å². The van der Waals surface area contributed by atoms with Gasteiger partial charge in [-0.2, -0.15) is 9.59 Å². The lowest BCUT2D eigenvalue weighted by Gasteiger charge is -2.36. The zero-order chi connectivity index (χ0) is 16.5. The van der Waals surface area contributed by atoms with Gasteiger partial charge >= 0.3 is 6.15 Å². The van der Waals surface area contributed by atoms with E-state index in [1.54, 1.807) is 0 Å². The van der Waals surface area contributed by atoms with E-state index in [0.717, 1.165) is 5.56 Å². The lowest BCUT2D eigenvalue weighted by Crippen LogP contribution is -2.40. The summed E-state index contributed by atoms with van der Waals surface area (Å²) in [6.45, 7) is 13.9. The van der Waals surface area contributed by atoms with E-state index in [1.165, 1.54) is 5.56 Å². The number of benzene rings is 1. The molecule has 1 aromatic carbocycles. The van der Waals surface area contributed by atoms with Crippen LogP contribution in [0.25, 0.3) is 0 Å². The normalized spacial score (nSPS) is 10.6. The largest absolute Gasteiger partial charge is 0.413 e. The highest BCUT2D eigenvalue weighted by atomic mass is 28.4. The minimum absolute atomic E-state index is 0.250. The zero-order valence-electron chi connectivity index (χ0n) is 13.7. The van der Waals surface area contributed by atoms with Crippen molar-refractivity contribution in [3.05, 3.63) is 35.4 Å². The minimum atomic E-state index is -1.64. The van der Waals surface area contributed by atoms with Crippen molar-refractivity contribution in [2.24, 2.45) is 0 Å². The fourth-order valence-electron chi connectivity index (χ4n) is 1.31. The second-order valence-corrected chi connectivity index (χ2v) is 11.0. The third-order valence-electron chi connectivity index (χ3n) is 3.63. The van der Waals surface area contributed by atoms with Crippen LogP contribution in [0.5, 0.6) is 0 Å². The second-order valence-electron chi connectivity index (χ2n) is 6.20. The van der Waals surface area contributed by atoms with Gasteiger partial charge in [0.05, 0.1) is 6.61 Å². The maximum Gasteiger partial charge on any atom is 0.373 e. The number of hydrogen-bond acceptors (Lipinski definition) is 3. The molecule has 0 atom stereocenters. The van der Waals surface area contributed by atoms with Gasteiger partial charge in [0, 0.05) is 5.56 Å². The van der Waals surface area contributed by atoms with Crippen LogP contribution in [-0.4, -0.2) is 14.5 Å². The lowest BCUT2D eigenvalue weighted by molar-refractivity contribution is -0.191. The Balaban J connectivity index is 0.00000122. The summed E-state index contributed by atoms with van der Waals surface area (Å²) in [6.07, 6.45) is 0.250. The molecule has 0 radical (unpaired) electrons. The summed E-state index contributed by atoms with van der Waals surface area (Å²) >= 11 is 0. The number of carbonyl (C=O) groups excluding carboxylic acids is 2. The molecule has 114 valence electrons. The molecule has 4 heteroatoms. The molecule has 0 aliphatic rings. The molecule has 0 unspecified atom stereocenters. The Morgan fingerprint density at radius 3 is 1.95 bits per heavy atom. The summed E-state index contributed by atoms with van der Waals surface area (Å²) in [6, 6.07) is 8.32. The monoisotopic (exact) mass is 304 g/mol. The van der Waals surface area contributed by atoms with Gasteiger partial charge in [0.15, 0.2) is 8.32 Å². The Hall–Kier alpha value is -1.66. The van der Waals surface area contributed by atoms with Crippen LogP contribution < -0.4 is 0 Å². The van der Waals surface area contributed by atoms with E-state index in [1.807, 2.05) is 6.92 Å². The average Bonchev–Trinajstić information content (AvgIpc) is 2.38. The van der Waals surface area contributed by atoms with Crippen molar-refractivity contribution in [3.63, 3.8) is 0 Å². The Morgan fingerprint density at radius 2 is 1.57 bits per heavy atom. The molecule has 0 spiro atoms. The van der Waals surface area contributed by atoms with Crippen molar-refractivity contribution in [1.29, 1.82) is 0 Å². The third kappa shape index (κ3) is 7.06. The highest BCUT2D eigenvalue weighted by molar-refractivity contribution is 6.74. The van der Waals surface area contributed by atoms with Crippen LogP contribution in [0.3, 0.4) is 0 Å². The van der Waals surface area contributed by atoms with Crippen LogP contribution >= 0.6 is 0 Å². The van der Waals surface area contributed by atoms with Crippen LogP contribution in [0.1, 0.15) is 38.8 Å². The first kappa shape index (κ1) is 19.3. The fourth-order valence-corrected chi connectivity index (χ4v) is 2.27. The van der Waals surface area contributed by atoms with Gasteiger partial charge in [-0.1, -0.05) is 38.8 Å². The summed E-state index contributed by atoms with van der Waals surface area (Å²) in [5.41, 5.74) is 2.29. The van der Waals surface area contributed by atoms with Gasteiger partial charge in [0.1, 0.15) is 0 Å². The molecular weight excluding hydrogens is 280 g/mol. The van der Waals surface area contributed by atoms with Gasteiger partial charge in [-0.15, -0.1) is 5.92 Å². The van der Waals surface area contributed by atoms with Gasteiger partial charge in [-0.05, 0) is 42.8 Å². The minimum Gasteiger partial charge on any atom is -0.413 e. The Kier molecular flexibility index (Phi) is 7.91. The predicted octanol–water partition coefficient (Wildman–Crippen LogP) is 4.00. The summed E-state index contributed by atoms with van der Waals surface area (Å²) in [4.78, 5) is 16.2. The molecule has 21 heavy (non-hydrogen) atoms. The number of hydrogen-bond donors (Lipinski definition) is 0. The van der Waals surface area contributed by atoms with Crippen LogP contribution in [0.4, 0.5) is 0 Å². The topological polar surface area (TPSA) is 43.4 Å². The first-order valence-corrected chi connectivity index (χ1v) is 9.73. The van der Waals surface area contributed by atoms with Crippen molar-refractivity contribution in [1.82, 2.24) is 0 Å². The SMILES string of the molecule is CC#Cc1ccc(CO[Si](C)(C)C(C)(C)C)cc1.O=C=O. The highest BCUT2D eigenvalue weighted by Crippen LogP contribution is 2.37. The summed E-state index contributed by atoms with van der Waals surface area (Å²) in [7, 11) is -1.64. The molecule has 0 aromatic heterocycles. The predicted molar refractivity (Wildman–Crippen MR) is 86.0 cm³/mol. The quantitative estimate of drug-likeness (QED) is 0.626. The standard InChI is InChI=1S/C16H24OSi.CO2/c1-7-8-14-9-11-15(12-10-14)13-17-18(5,6)16(2,3)4;2-1-3/h9-12H,13H2,1-6H3;. The summed E-state index contributed by atoms with van der Waals surface area (Å²) in [5, 5.41) is 0.265. The maximum absolute atomic E-state index is 8.12. The van der Waals surface area contributed by atoms with Crippen molar-refractivity contribution < 1.29 is 14.0 Å². The van der Waals surface area contributed by atoms with Crippen LogP contribution in [0, 0.1) is 11.8 Å². The molecule has 1 aromatic rings. The zero-order valence-corrected chi connectivity index (χ0v) is 14.7. The molecule has 0 aliphatic carbocycles. The molecule has 3 nitrogen and oxygen atoms in total. The van der Waals surface area contributed by atoms with E-state index in [0.29, 0.717) is 6.61 Å². The average molecular weight is 304 g/mol. The van der Waals surface area contributed by atoms with Gasteiger partial charge < -0.3 is 4.43 Å². The first-order valence-electron chi connectivity index (χ1n) is 6.83. The van der Waals surface area contributed by atoms with E-state index in [4.69, 9.17) is 14.0 Å². The van der Waals surface area contributed by atoms with Gasteiger partial charge in [-0.25, -0.2) is 0 Å². The maximum atomic E-state index is 8.12. The smallest absolute Gasteiger partial charge is 0.373 e. The molecular formula is C17H24O3Si.